The zero-order valence-electron chi connectivity index (χ0n) is 14.0. The molecule has 0 aliphatic carbocycles. The van der Waals surface area contributed by atoms with Gasteiger partial charge in [0.2, 0.25) is 0 Å². The molecule has 0 aromatic heterocycles. The van der Waals surface area contributed by atoms with E-state index in [-0.39, 0.29) is 0 Å². The molecular weight excluding hydrogens is 216 g/mol. The van der Waals surface area contributed by atoms with Crippen LogP contribution in [0.4, 0.5) is 0 Å². The van der Waals surface area contributed by atoms with Crippen molar-refractivity contribution in [3.05, 3.63) is 0 Å². The average Bonchev–Trinajstić information content (AvgIpc) is 2.36. The summed E-state index contributed by atoms with van der Waals surface area (Å²) in [6.07, 6.45) is 11.2. The van der Waals surface area contributed by atoms with Crippen molar-refractivity contribution in [2.75, 3.05) is 0 Å². The fourth-order valence-corrected chi connectivity index (χ4v) is 3.67. The summed E-state index contributed by atoms with van der Waals surface area (Å²) < 4.78 is 0. The van der Waals surface area contributed by atoms with Gasteiger partial charge < -0.3 is 0 Å². The van der Waals surface area contributed by atoms with Gasteiger partial charge in [-0.2, -0.15) is 0 Å². The maximum absolute atomic E-state index is 2.49. The molecule has 0 aromatic carbocycles. The first kappa shape index (κ1) is 18.0. The van der Waals surface area contributed by atoms with E-state index in [4.69, 9.17) is 0 Å². The van der Waals surface area contributed by atoms with Crippen LogP contribution in [0, 0.1) is 23.7 Å². The summed E-state index contributed by atoms with van der Waals surface area (Å²) in [5, 5.41) is 0. The maximum Gasteiger partial charge on any atom is -0.0365 e. The summed E-state index contributed by atoms with van der Waals surface area (Å²) >= 11 is 0. The molecule has 0 N–H and O–H groups in total. The normalized spacial score (nSPS) is 16.8. The second kappa shape index (κ2) is 10.9. The summed E-state index contributed by atoms with van der Waals surface area (Å²) in [5.41, 5.74) is 0. The Labute approximate surface area is 117 Å². The summed E-state index contributed by atoms with van der Waals surface area (Å²) in [4.78, 5) is 0. The summed E-state index contributed by atoms with van der Waals surface area (Å²) in [6.45, 7) is 14.4. The minimum Gasteiger partial charge on any atom is -0.0654 e. The summed E-state index contributed by atoms with van der Waals surface area (Å²) in [7, 11) is 0. The van der Waals surface area contributed by atoms with E-state index >= 15 is 0 Å². The Kier molecular flexibility index (Phi) is 10.9. The molecular formula is C18H38. The molecule has 0 rings (SSSR count). The van der Waals surface area contributed by atoms with Gasteiger partial charge in [-0.1, -0.05) is 92.9 Å². The average molecular weight is 255 g/mol. The Bertz CT molecular complexity index is 169. The van der Waals surface area contributed by atoms with Crippen LogP contribution in [0.1, 0.15) is 92.9 Å². The fourth-order valence-electron chi connectivity index (χ4n) is 3.67. The third-order valence-corrected chi connectivity index (χ3v) is 5.10. The molecule has 0 aliphatic rings. The molecule has 0 fully saturated rings. The summed E-state index contributed by atoms with van der Waals surface area (Å²) in [5.74, 6) is 3.77. The molecule has 0 bridgehead atoms. The molecule has 18 heavy (non-hydrogen) atoms. The first-order valence-corrected chi connectivity index (χ1v) is 8.60. The molecule has 110 valence electrons. The molecule has 3 atom stereocenters. The predicted octanol–water partition coefficient (Wildman–Crippen LogP) is 6.69. The van der Waals surface area contributed by atoms with Gasteiger partial charge in [-0.05, 0) is 23.7 Å². The van der Waals surface area contributed by atoms with Gasteiger partial charge in [0.15, 0.2) is 0 Å². The molecule has 0 spiro atoms. The van der Waals surface area contributed by atoms with E-state index < -0.39 is 0 Å². The van der Waals surface area contributed by atoms with Crippen molar-refractivity contribution < 1.29 is 0 Å². The number of hydrogen-bond acceptors (Lipinski definition) is 0. The first-order chi connectivity index (χ1) is 8.60. The molecule has 3 unspecified atom stereocenters. The molecule has 0 aliphatic heterocycles. The first-order valence-electron chi connectivity index (χ1n) is 8.60. The van der Waals surface area contributed by atoms with Gasteiger partial charge in [-0.3, -0.25) is 0 Å². The molecule has 0 aromatic rings. The van der Waals surface area contributed by atoms with Crippen molar-refractivity contribution in [1.82, 2.24) is 0 Å². The largest absolute Gasteiger partial charge is 0.0654 e. The zero-order valence-corrected chi connectivity index (χ0v) is 14.0. The van der Waals surface area contributed by atoms with Gasteiger partial charge in [0, 0.05) is 0 Å². The molecule has 0 radical (unpaired) electrons. The highest BCUT2D eigenvalue weighted by molar-refractivity contribution is 4.71. The van der Waals surface area contributed by atoms with Gasteiger partial charge in [0.25, 0.3) is 0 Å². The van der Waals surface area contributed by atoms with Gasteiger partial charge in [0.1, 0.15) is 0 Å². The van der Waals surface area contributed by atoms with Crippen molar-refractivity contribution >= 4 is 0 Å². The lowest BCUT2D eigenvalue weighted by atomic mass is 9.77. The van der Waals surface area contributed by atoms with E-state index in [1.807, 2.05) is 0 Å². The second-order valence-corrected chi connectivity index (χ2v) is 6.43. The van der Waals surface area contributed by atoms with E-state index in [2.05, 4.69) is 41.5 Å². The highest BCUT2D eigenvalue weighted by atomic mass is 14.3. The SMILES string of the molecule is CCCC(C)C(CC)C(C)CCCC(CC)CC. The van der Waals surface area contributed by atoms with E-state index in [1.54, 1.807) is 0 Å². The molecule has 0 heteroatoms. The highest BCUT2D eigenvalue weighted by Crippen LogP contribution is 2.31. The van der Waals surface area contributed by atoms with Gasteiger partial charge in [-0.15, -0.1) is 0 Å². The standard InChI is InChI=1S/C18H38/c1-7-12-15(5)18(10-4)16(6)13-11-14-17(8-2)9-3/h15-18H,7-14H2,1-6H3. The molecule has 0 heterocycles. The lowest BCUT2D eigenvalue weighted by Gasteiger charge is -2.29. The molecule has 0 saturated heterocycles. The van der Waals surface area contributed by atoms with Gasteiger partial charge >= 0.3 is 0 Å². The highest BCUT2D eigenvalue weighted by Gasteiger charge is 2.21. The lowest BCUT2D eigenvalue weighted by molar-refractivity contribution is 0.216. The van der Waals surface area contributed by atoms with E-state index in [1.165, 1.54) is 51.4 Å². The van der Waals surface area contributed by atoms with Crippen LogP contribution in [0.3, 0.4) is 0 Å². The Balaban J connectivity index is 4.00. The number of rotatable bonds is 11. The van der Waals surface area contributed by atoms with E-state index in [9.17, 15) is 0 Å². The number of hydrogen-bond donors (Lipinski definition) is 0. The smallest absolute Gasteiger partial charge is 0.0365 e. The third-order valence-electron chi connectivity index (χ3n) is 5.10. The van der Waals surface area contributed by atoms with Crippen LogP contribution in [-0.2, 0) is 0 Å². The van der Waals surface area contributed by atoms with Gasteiger partial charge in [-0.25, -0.2) is 0 Å². The van der Waals surface area contributed by atoms with Crippen molar-refractivity contribution in [2.24, 2.45) is 23.7 Å². The van der Waals surface area contributed by atoms with Gasteiger partial charge in [0.05, 0.1) is 0 Å². The van der Waals surface area contributed by atoms with Crippen LogP contribution in [0.5, 0.6) is 0 Å². The van der Waals surface area contributed by atoms with Crippen LogP contribution >= 0.6 is 0 Å². The topological polar surface area (TPSA) is 0 Å². The Morgan fingerprint density at radius 1 is 0.667 bits per heavy atom. The lowest BCUT2D eigenvalue weighted by Crippen LogP contribution is -2.19. The van der Waals surface area contributed by atoms with E-state index in [0.29, 0.717) is 0 Å². The zero-order chi connectivity index (χ0) is 14.0. The second-order valence-electron chi connectivity index (χ2n) is 6.43. The Morgan fingerprint density at radius 2 is 1.22 bits per heavy atom. The van der Waals surface area contributed by atoms with Crippen LogP contribution < -0.4 is 0 Å². The minimum absolute atomic E-state index is 0.920. The van der Waals surface area contributed by atoms with Crippen LogP contribution in [-0.4, -0.2) is 0 Å². The molecule has 0 saturated carbocycles. The van der Waals surface area contributed by atoms with Crippen molar-refractivity contribution in [1.29, 1.82) is 0 Å². The predicted molar refractivity (Wildman–Crippen MR) is 84.9 cm³/mol. The van der Waals surface area contributed by atoms with Crippen molar-refractivity contribution in [2.45, 2.75) is 92.9 Å². The Morgan fingerprint density at radius 3 is 1.67 bits per heavy atom. The minimum atomic E-state index is 0.920. The fraction of sp³-hybridized carbons (Fsp3) is 1.00. The summed E-state index contributed by atoms with van der Waals surface area (Å²) in [6, 6.07) is 0. The van der Waals surface area contributed by atoms with E-state index in [0.717, 1.165) is 23.7 Å². The third kappa shape index (κ3) is 6.81. The molecule has 0 nitrogen and oxygen atoms in total. The van der Waals surface area contributed by atoms with Crippen LogP contribution in [0.15, 0.2) is 0 Å². The van der Waals surface area contributed by atoms with Crippen LogP contribution in [0.25, 0.3) is 0 Å². The maximum atomic E-state index is 2.49. The monoisotopic (exact) mass is 254 g/mol. The Hall–Kier alpha value is 0. The van der Waals surface area contributed by atoms with Crippen molar-refractivity contribution in [3.63, 3.8) is 0 Å². The van der Waals surface area contributed by atoms with Crippen molar-refractivity contribution in [3.8, 4) is 0 Å². The quantitative estimate of drug-likeness (QED) is 0.385. The van der Waals surface area contributed by atoms with Crippen LogP contribution in [0.2, 0.25) is 0 Å². The molecule has 0 amide bonds.